The monoisotopic (exact) mass is 200 g/mol. The van der Waals surface area contributed by atoms with E-state index in [1.165, 1.54) is 12.8 Å². The second kappa shape index (κ2) is 6.94. The van der Waals surface area contributed by atoms with E-state index < -0.39 is 6.16 Å². The van der Waals surface area contributed by atoms with Crippen LogP contribution in [0.4, 0.5) is 4.79 Å². The predicted octanol–water partition coefficient (Wildman–Crippen LogP) is 2.47. The molecule has 0 radical (unpaired) electrons. The SMILES string of the molecule is CCCC(C)n1ccnc1.O=C(O)O. The van der Waals surface area contributed by atoms with Gasteiger partial charge in [-0.1, -0.05) is 13.3 Å². The first-order valence-corrected chi connectivity index (χ1v) is 4.47. The smallest absolute Gasteiger partial charge is 0.450 e. The van der Waals surface area contributed by atoms with Gasteiger partial charge in [-0.15, -0.1) is 0 Å². The van der Waals surface area contributed by atoms with Crippen molar-refractivity contribution in [3.05, 3.63) is 18.7 Å². The van der Waals surface area contributed by atoms with Crippen LogP contribution in [0, 0.1) is 0 Å². The Kier molecular flexibility index (Phi) is 6.19. The van der Waals surface area contributed by atoms with E-state index in [-0.39, 0.29) is 0 Å². The summed E-state index contributed by atoms with van der Waals surface area (Å²) < 4.78 is 2.14. The van der Waals surface area contributed by atoms with E-state index in [4.69, 9.17) is 15.0 Å². The topological polar surface area (TPSA) is 75.4 Å². The summed E-state index contributed by atoms with van der Waals surface area (Å²) in [6, 6.07) is 0.604. The van der Waals surface area contributed by atoms with E-state index in [1.807, 2.05) is 18.7 Å². The number of imidazole rings is 1. The highest BCUT2D eigenvalue weighted by Crippen LogP contribution is 2.10. The molecule has 0 spiro atoms. The van der Waals surface area contributed by atoms with E-state index in [2.05, 4.69) is 23.4 Å². The molecule has 0 aliphatic carbocycles. The van der Waals surface area contributed by atoms with Gasteiger partial charge in [0, 0.05) is 18.4 Å². The molecule has 14 heavy (non-hydrogen) atoms. The van der Waals surface area contributed by atoms with Crippen molar-refractivity contribution in [2.45, 2.75) is 32.7 Å². The van der Waals surface area contributed by atoms with Crippen LogP contribution in [0.15, 0.2) is 18.7 Å². The zero-order valence-corrected chi connectivity index (χ0v) is 8.42. The molecule has 2 N–H and O–H groups in total. The van der Waals surface area contributed by atoms with Gasteiger partial charge in [-0.3, -0.25) is 0 Å². The summed E-state index contributed by atoms with van der Waals surface area (Å²) in [6.07, 6.45) is 6.35. The minimum atomic E-state index is -1.83. The van der Waals surface area contributed by atoms with Crippen LogP contribution in [-0.4, -0.2) is 25.9 Å². The summed E-state index contributed by atoms with van der Waals surface area (Å²) in [5.74, 6) is 0. The van der Waals surface area contributed by atoms with Crippen LogP contribution in [-0.2, 0) is 0 Å². The Morgan fingerprint density at radius 3 is 2.50 bits per heavy atom. The Labute approximate surface area is 83.0 Å². The number of hydrogen-bond donors (Lipinski definition) is 2. The van der Waals surface area contributed by atoms with Gasteiger partial charge < -0.3 is 14.8 Å². The summed E-state index contributed by atoms with van der Waals surface area (Å²) >= 11 is 0. The van der Waals surface area contributed by atoms with Gasteiger partial charge in [-0.25, -0.2) is 9.78 Å². The van der Waals surface area contributed by atoms with E-state index in [1.54, 1.807) is 0 Å². The maximum Gasteiger partial charge on any atom is 0.503 e. The molecule has 0 saturated heterocycles. The third kappa shape index (κ3) is 6.05. The fourth-order valence-corrected chi connectivity index (χ4v) is 1.10. The summed E-state index contributed by atoms with van der Waals surface area (Å²) in [7, 11) is 0. The lowest BCUT2D eigenvalue weighted by Crippen LogP contribution is -2.00. The molecule has 1 aromatic rings. The largest absolute Gasteiger partial charge is 0.503 e. The van der Waals surface area contributed by atoms with Crippen molar-refractivity contribution in [1.82, 2.24) is 9.55 Å². The molecule has 1 rings (SSSR count). The van der Waals surface area contributed by atoms with Crippen molar-refractivity contribution in [3.63, 3.8) is 0 Å². The molecule has 1 heterocycles. The Morgan fingerprint density at radius 1 is 1.57 bits per heavy atom. The molecule has 0 fully saturated rings. The second-order valence-electron chi connectivity index (χ2n) is 2.93. The maximum atomic E-state index is 8.56. The van der Waals surface area contributed by atoms with Gasteiger partial charge in [-0.2, -0.15) is 0 Å². The van der Waals surface area contributed by atoms with Gasteiger partial charge in [0.15, 0.2) is 0 Å². The lowest BCUT2D eigenvalue weighted by molar-refractivity contribution is 0.137. The average molecular weight is 200 g/mol. The Hall–Kier alpha value is -1.52. The fourth-order valence-electron chi connectivity index (χ4n) is 1.10. The minimum absolute atomic E-state index is 0.604. The van der Waals surface area contributed by atoms with Crippen molar-refractivity contribution in [2.24, 2.45) is 0 Å². The van der Waals surface area contributed by atoms with E-state index >= 15 is 0 Å². The van der Waals surface area contributed by atoms with Crippen LogP contribution in [0.3, 0.4) is 0 Å². The highest BCUT2D eigenvalue weighted by atomic mass is 16.6. The molecule has 80 valence electrons. The predicted molar refractivity (Wildman–Crippen MR) is 52.5 cm³/mol. The molecular weight excluding hydrogens is 184 g/mol. The number of nitrogens with zero attached hydrogens (tertiary/aromatic N) is 2. The zero-order valence-electron chi connectivity index (χ0n) is 8.42. The molecular formula is C9H16N2O3. The number of rotatable bonds is 3. The van der Waals surface area contributed by atoms with Crippen LogP contribution < -0.4 is 0 Å². The maximum absolute atomic E-state index is 8.56. The van der Waals surface area contributed by atoms with E-state index in [0.717, 1.165) is 0 Å². The Morgan fingerprint density at radius 2 is 2.14 bits per heavy atom. The molecule has 1 aromatic heterocycles. The first-order chi connectivity index (χ1) is 6.57. The molecule has 0 aromatic carbocycles. The molecule has 5 heteroatoms. The molecule has 0 amide bonds. The average Bonchev–Trinajstić information content (AvgIpc) is 2.55. The van der Waals surface area contributed by atoms with Crippen molar-refractivity contribution in [3.8, 4) is 0 Å². The van der Waals surface area contributed by atoms with Crippen LogP contribution >= 0.6 is 0 Å². The lowest BCUT2D eigenvalue weighted by atomic mass is 10.2. The third-order valence-electron chi connectivity index (χ3n) is 1.74. The number of aromatic nitrogens is 2. The molecule has 5 nitrogen and oxygen atoms in total. The molecule has 1 atom stereocenters. The summed E-state index contributed by atoms with van der Waals surface area (Å²) in [5.41, 5.74) is 0. The molecule has 0 aliphatic heterocycles. The fraction of sp³-hybridized carbons (Fsp3) is 0.556. The third-order valence-corrected chi connectivity index (χ3v) is 1.74. The van der Waals surface area contributed by atoms with Crippen molar-refractivity contribution in [1.29, 1.82) is 0 Å². The standard InChI is InChI=1S/C8H14N2.CH2O3/c1-3-4-8(2)10-6-5-9-7-10;2-1(3)4/h5-8H,3-4H2,1-2H3;(H2,2,3,4). The zero-order chi connectivity index (χ0) is 11.0. The van der Waals surface area contributed by atoms with Crippen LogP contribution in [0.1, 0.15) is 32.7 Å². The summed E-state index contributed by atoms with van der Waals surface area (Å²) in [5, 5.41) is 13.9. The quantitative estimate of drug-likeness (QED) is 0.785. The first-order valence-electron chi connectivity index (χ1n) is 4.47. The van der Waals surface area contributed by atoms with E-state index in [0.29, 0.717) is 6.04 Å². The lowest BCUT2D eigenvalue weighted by Gasteiger charge is -2.10. The Balaban J connectivity index is 0.000000364. The molecule has 0 aliphatic rings. The van der Waals surface area contributed by atoms with Gasteiger partial charge in [-0.05, 0) is 13.3 Å². The molecule has 1 unspecified atom stereocenters. The van der Waals surface area contributed by atoms with Gasteiger partial charge in [0.1, 0.15) is 0 Å². The second-order valence-corrected chi connectivity index (χ2v) is 2.93. The number of hydrogen-bond acceptors (Lipinski definition) is 2. The summed E-state index contributed by atoms with van der Waals surface area (Å²) in [4.78, 5) is 12.5. The molecule has 0 bridgehead atoms. The number of carboxylic acid groups (broad SMARTS) is 2. The highest BCUT2D eigenvalue weighted by molar-refractivity contribution is 5.53. The highest BCUT2D eigenvalue weighted by Gasteiger charge is 1.99. The summed E-state index contributed by atoms with van der Waals surface area (Å²) in [6.45, 7) is 4.42. The van der Waals surface area contributed by atoms with Gasteiger partial charge >= 0.3 is 6.16 Å². The van der Waals surface area contributed by atoms with Crippen LogP contribution in [0.2, 0.25) is 0 Å². The van der Waals surface area contributed by atoms with Crippen LogP contribution in [0.5, 0.6) is 0 Å². The van der Waals surface area contributed by atoms with Crippen molar-refractivity contribution < 1.29 is 15.0 Å². The van der Waals surface area contributed by atoms with E-state index in [9.17, 15) is 0 Å². The first kappa shape index (κ1) is 12.5. The van der Waals surface area contributed by atoms with Gasteiger partial charge in [0.2, 0.25) is 0 Å². The van der Waals surface area contributed by atoms with Crippen molar-refractivity contribution >= 4 is 6.16 Å². The van der Waals surface area contributed by atoms with Gasteiger partial charge in [0.05, 0.1) is 6.33 Å². The Bertz CT molecular complexity index is 243. The minimum Gasteiger partial charge on any atom is -0.450 e. The van der Waals surface area contributed by atoms with Crippen molar-refractivity contribution in [2.75, 3.05) is 0 Å². The van der Waals surface area contributed by atoms with Crippen LogP contribution in [0.25, 0.3) is 0 Å². The molecule has 0 saturated carbocycles. The van der Waals surface area contributed by atoms with Gasteiger partial charge in [0.25, 0.3) is 0 Å². The normalized spacial score (nSPS) is 11.3. The number of carbonyl (C=O) groups is 1.